The van der Waals surface area contributed by atoms with Crippen molar-refractivity contribution in [3.63, 3.8) is 0 Å². The van der Waals surface area contributed by atoms with Crippen LogP contribution >= 0.6 is 27.5 Å². The van der Waals surface area contributed by atoms with Crippen LogP contribution in [-0.2, 0) is 11.0 Å². The lowest BCUT2D eigenvalue weighted by atomic mass is 10.0. The Morgan fingerprint density at radius 1 is 1.03 bits per heavy atom. The van der Waals surface area contributed by atoms with E-state index in [1.54, 1.807) is 24.3 Å². The summed E-state index contributed by atoms with van der Waals surface area (Å²) < 4.78 is 41.4. The Morgan fingerprint density at radius 3 is 2.43 bits per heavy atom. The van der Waals surface area contributed by atoms with Crippen LogP contribution < -0.4 is 16.2 Å². The van der Waals surface area contributed by atoms with Crippen molar-refractivity contribution in [1.82, 2.24) is 25.6 Å². The Hall–Kier alpha value is -3.97. The van der Waals surface area contributed by atoms with Crippen LogP contribution in [0.2, 0.25) is 5.02 Å². The van der Waals surface area contributed by atoms with E-state index in [-0.39, 0.29) is 26.6 Å². The summed E-state index contributed by atoms with van der Waals surface area (Å²) in [5.41, 5.74) is 2.34. The lowest BCUT2D eigenvalue weighted by Gasteiger charge is -2.16. The number of nitrogens with zero attached hydrogens (tertiary/aromatic N) is 3. The highest BCUT2D eigenvalue weighted by molar-refractivity contribution is 9.10. The fourth-order valence-electron chi connectivity index (χ4n) is 3.37. The van der Waals surface area contributed by atoms with Crippen molar-refractivity contribution < 1.29 is 27.6 Å². The Balaban J connectivity index is 1.84. The van der Waals surface area contributed by atoms with Crippen molar-refractivity contribution in [3.05, 3.63) is 81.2 Å². The molecule has 0 aliphatic heterocycles. The number of nitrogens with one attached hydrogen (secondary N) is 3. The number of halogens is 5. The number of benzene rings is 2. The van der Waals surface area contributed by atoms with Gasteiger partial charge in [0.2, 0.25) is 5.91 Å². The van der Waals surface area contributed by atoms with Crippen LogP contribution in [0.3, 0.4) is 0 Å². The zero-order valence-electron chi connectivity index (χ0n) is 18.7. The number of carbonyl (C=O) groups excluding carboxylic acids is 3. The van der Waals surface area contributed by atoms with Gasteiger partial charge in [-0.15, -0.1) is 0 Å². The number of aromatic nitrogens is 3. The molecule has 3 N–H and O–H groups in total. The Morgan fingerprint density at radius 2 is 1.76 bits per heavy atom. The molecule has 0 saturated heterocycles. The third-order valence-corrected chi connectivity index (χ3v) is 6.11. The second-order valence-electron chi connectivity index (χ2n) is 7.56. The van der Waals surface area contributed by atoms with Crippen LogP contribution in [0.15, 0.2) is 59.2 Å². The number of hydrazine groups is 1. The first-order chi connectivity index (χ1) is 17.5. The molecule has 0 spiro atoms. The van der Waals surface area contributed by atoms with Crippen molar-refractivity contribution in [1.29, 1.82) is 0 Å². The average molecular weight is 596 g/mol. The molecule has 2 aromatic carbocycles. The number of hydrogen-bond acceptors (Lipinski definition) is 5. The van der Waals surface area contributed by atoms with Crippen LogP contribution in [0.5, 0.6) is 0 Å². The monoisotopic (exact) mass is 594 g/mol. The molecule has 0 aliphatic rings. The third kappa shape index (κ3) is 5.42. The van der Waals surface area contributed by atoms with E-state index in [4.69, 9.17) is 11.6 Å². The van der Waals surface area contributed by atoms with Crippen molar-refractivity contribution in [2.75, 3.05) is 5.32 Å². The van der Waals surface area contributed by atoms with E-state index in [9.17, 15) is 27.6 Å². The van der Waals surface area contributed by atoms with Gasteiger partial charge in [-0.05, 0) is 44.9 Å². The molecule has 3 amide bonds. The summed E-state index contributed by atoms with van der Waals surface area (Å²) in [6, 6.07) is 11.7. The molecular weight excluding hydrogens is 581 g/mol. The maximum absolute atomic E-state index is 13.5. The number of anilines is 1. The van der Waals surface area contributed by atoms with Gasteiger partial charge in [-0.2, -0.15) is 18.3 Å². The topological polar surface area (TPSA) is 118 Å². The summed E-state index contributed by atoms with van der Waals surface area (Å²) in [7, 11) is 0. The molecule has 190 valence electrons. The van der Waals surface area contributed by atoms with E-state index in [1.165, 1.54) is 31.3 Å². The number of carbonyl (C=O) groups is 3. The SMILES string of the molecule is CC(=O)NNC(=O)c1cc2ccccc2c(Br)c1NC(=O)c1cc(C(F)(F)F)nn1-c1ncccc1Cl. The van der Waals surface area contributed by atoms with Gasteiger partial charge in [-0.1, -0.05) is 35.9 Å². The van der Waals surface area contributed by atoms with Gasteiger partial charge in [0, 0.05) is 23.7 Å². The zero-order chi connectivity index (χ0) is 26.9. The molecule has 4 rings (SSSR count). The van der Waals surface area contributed by atoms with E-state index in [1.807, 2.05) is 0 Å². The average Bonchev–Trinajstić information content (AvgIpc) is 3.30. The van der Waals surface area contributed by atoms with Crippen molar-refractivity contribution in [2.24, 2.45) is 0 Å². The van der Waals surface area contributed by atoms with E-state index in [0.29, 0.717) is 21.5 Å². The quantitative estimate of drug-likeness (QED) is 0.291. The van der Waals surface area contributed by atoms with Crippen LogP contribution in [-0.4, -0.2) is 32.5 Å². The number of pyridine rings is 1. The predicted octanol–water partition coefficient (Wildman–Crippen LogP) is 4.89. The van der Waals surface area contributed by atoms with Gasteiger partial charge in [-0.3, -0.25) is 25.2 Å². The molecular formula is C23H15BrClF3N6O3. The van der Waals surface area contributed by atoms with Gasteiger partial charge in [0.05, 0.1) is 16.3 Å². The van der Waals surface area contributed by atoms with Gasteiger partial charge in [0.15, 0.2) is 11.5 Å². The van der Waals surface area contributed by atoms with Crippen molar-refractivity contribution in [2.45, 2.75) is 13.1 Å². The molecule has 0 bridgehead atoms. The van der Waals surface area contributed by atoms with Crippen LogP contribution in [0.1, 0.15) is 33.5 Å². The first kappa shape index (κ1) is 26.1. The molecule has 4 aromatic rings. The minimum atomic E-state index is -4.87. The minimum absolute atomic E-state index is 0.0457. The summed E-state index contributed by atoms with van der Waals surface area (Å²) in [4.78, 5) is 41.4. The highest BCUT2D eigenvalue weighted by Gasteiger charge is 2.37. The fraction of sp³-hybridized carbons (Fsp3) is 0.0870. The van der Waals surface area contributed by atoms with Gasteiger partial charge in [0.1, 0.15) is 5.69 Å². The summed E-state index contributed by atoms with van der Waals surface area (Å²) in [5, 5.41) is 7.16. The smallest absolute Gasteiger partial charge is 0.319 e. The number of amides is 3. The molecule has 0 radical (unpaired) electrons. The normalized spacial score (nSPS) is 11.3. The summed E-state index contributed by atoms with van der Waals surface area (Å²) in [5.74, 6) is -2.57. The van der Waals surface area contributed by atoms with E-state index in [0.717, 1.165) is 0 Å². The summed E-state index contributed by atoms with van der Waals surface area (Å²) in [6.45, 7) is 1.18. The highest BCUT2D eigenvalue weighted by Crippen LogP contribution is 2.36. The highest BCUT2D eigenvalue weighted by atomic mass is 79.9. The van der Waals surface area contributed by atoms with Crippen molar-refractivity contribution in [3.8, 4) is 5.82 Å². The number of fused-ring (bicyclic) bond motifs is 1. The summed E-state index contributed by atoms with van der Waals surface area (Å²) >= 11 is 9.48. The zero-order valence-corrected chi connectivity index (χ0v) is 21.0. The number of alkyl halides is 3. The Kier molecular flexibility index (Phi) is 7.18. The molecule has 0 atom stereocenters. The van der Waals surface area contributed by atoms with Crippen LogP contribution in [0.4, 0.5) is 18.9 Å². The van der Waals surface area contributed by atoms with E-state index >= 15 is 0 Å². The fourth-order valence-corrected chi connectivity index (χ4v) is 4.25. The molecule has 0 saturated carbocycles. The second kappa shape index (κ2) is 10.2. The molecule has 2 heterocycles. The molecule has 0 aliphatic carbocycles. The first-order valence-corrected chi connectivity index (χ1v) is 11.5. The van der Waals surface area contributed by atoms with E-state index in [2.05, 4.69) is 42.2 Å². The van der Waals surface area contributed by atoms with Gasteiger partial charge >= 0.3 is 6.18 Å². The van der Waals surface area contributed by atoms with Crippen LogP contribution in [0, 0.1) is 0 Å². The van der Waals surface area contributed by atoms with Gasteiger partial charge in [0.25, 0.3) is 11.8 Å². The molecule has 0 fully saturated rings. The molecule has 0 unspecified atom stereocenters. The third-order valence-electron chi connectivity index (χ3n) is 4.99. The molecule has 14 heteroatoms. The van der Waals surface area contributed by atoms with E-state index < -0.39 is 35.3 Å². The number of rotatable bonds is 4. The maximum Gasteiger partial charge on any atom is 0.435 e. The first-order valence-electron chi connectivity index (χ1n) is 10.3. The lowest BCUT2D eigenvalue weighted by Crippen LogP contribution is -2.40. The Bertz CT molecular complexity index is 1560. The Labute approximate surface area is 220 Å². The predicted molar refractivity (Wildman–Crippen MR) is 132 cm³/mol. The molecule has 37 heavy (non-hydrogen) atoms. The van der Waals surface area contributed by atoms with Gasteiger partial charge < -0.3 is 5.32 Å². The van der Waals surface area contributed by atoms with Gasteiger partial charge in [-0.25, -0.2) is 9.67 Å². The minimum Gasteiger partial charge on any atom is -0.319 e. The molecule has 9 nitrogen and oxygen atoms in total. The largest absolute Gasteiger partial charge is 0.435 e. The summed E-state index contributed by atoms with van der Waals surface area (Å²) in [6.07, 6.45) is -3.59. The number of hydrogen-bond donors (Lipinski definition) is 3. The molecule has 2 aromatic heterocycles. The second-order valence-corrected chi connectivity index (χ2v) is 8.76. The standard InChI is InChI=1S/C23H15BrClF3N6O3/c1-11(35)31-32-21(36)14-9-12-5-2-3-6-13(12)18(24)19(14)30-22(37)16-10-17(23(26,27)28)33-34(16)20-15(25)7-4-8-29-20/h2-10H,1H3,(H,30,37)(H,31,35)(H,32,36). The lowest BCUT2D eigenvalue weighted by molar-refractivity contribution is -0.141. The maximum atomic E-state index is 13.5. The van der Waals surface area contributed by atoms with Crippen LogP contribution in [0.25, 0.3) is 16.6 Å². The van der Waals surface area contributed by atoms with Crippen molar-refractivity contribution >= 4 is 61.7 Å².